The van der Waals surface area contributed by atoms with Crippen LogP contribution in [0.2, 0.25) is 0 Å². The Kier molecular flexibility index (Phi) is 5.45. The minimum absolute atomic E-state index is 0.0543. The van der Waals surface area contributed by atoms with E-state index in [0.717, 1.165) is 23.4 Å². The Balaban J connectivity index is 1.49. The second-order valence-corrected chi connectivity index (χ2v) is 7.15. The molecule has 0 aliphatic carbocycles. The van der Waals surface area contributed by atoms with Gasteiger partial charge in [-0.15, -0.1) is 0 Å². The van der Waals surface area contributed by atoms with Crippen molar-refractivity contribution in [1.29, 1.82) is 0 Å². The van der Waals surface area contributed by atoms with E-state index in [4.69, 9.17) is 0 Å². The lowest BCUT2D eigenvalue weighted by atomic mass is 10.1. The van der Waals surface area contributed by atoms with Crippen molar-refractivity contribution in [1.82, 2.24) is 14.8 Å². The van der Waals surface area contributed by atoms with Crippen LogP contribution in [0.1, 0.15) is 39.3 Å². The molecule has 1 fully saturated rings. The first kappa shape index (κ1) is 18.2. The molecule has 1 aromatic carbocycles. The first-order chi connectivity index (χ1) is 12.4. The highest BCUT2D eigenvalue weighted by atomic mass is 16.2. The van der Waals surface area contributed by atoms with Crippen molar-refractivity contribution in [3.05, 3.63) is 58.4 Å². The van der Waals surface area contributed by atoms with Gasteiger partial charge in [-0.2, -0.15) is 0 Å². The largest absolute Gasteiger partial charge is 0.362 e. The fraction of sp³-hybridized carbons (Fsp3) is 0.429. The Morgan fingerprint density at radius 3 is 2.15 bits per heavy atom. The van der Waals surface area contributed by atoms with E-state index in [-0.39, 0.29) is 11.8 Å². The van der Waals surface area contributed by atoms with Crippen molar-refractivity contribution in [3.63, 3.8) is 0 Å². The summed E-state index contributed by atoms with van der Waals surface area (Å²) in [7, 11) is 0. The number of carbonyl (C=O) groups is 2. The second-order valence-electron chi connectivity index (χ2n) is 7.15. The fourth-order valence-electron chi connectivity index (χ4n) is 3.44. The molecule has 5 nitrogen and oxygen atoms in total. The minimum atomic E-state index is 0.0543. The maximum absolute atomic E-state index is 12.7. The van der Waals surface area contributed by atoms with E-state index in [0.29, 0.717) is 32.6 Å². The standard InChI is InChI=1S/C21H27N3O2/c1-15-4-6-18(7-5-15)8-9-20(25)23-10-12-24(13-11-23)21(26)19-14-16(2)22-17(19)3/h4-7,14,22H,8-13H2,1-3H3. The molecule has 1 aliphatic heterocycles. The van der Waals surface area contributed by atoms with Gasteiger partial charge in [0.25, 0.3) is 5.91 Å². The summed E-state index contributed by atoms with van der Waals surface area (Å²) in [6, 6.07) is 10.2. The molecule has 2 heterocycles. The van der Waals surface area contributed by atoms with Gasteiger partial charge in [0.1, 0.15) is 0 Å². The van der Waals surface area contributed by atoms with Crippen LogP contribution in [0.5, 0.6) is 0 Å². The number of carbonyl (C=O) groups excluding carboxylic acids is 2. The van der Waals surface area contributed by atoms with Crippen molar-refractivity contribution in [2.45, 2.75) is 33.6 Å². The van der Waals surface area contributed by atoms with Crippen LogP contribution >= 0.6 is 0 Å². The number of benzene rings is 1. The van der Waals surface area contributed by atoms with Crippen LogP contribution in [0.4, 0.5) is 0 Å². The van der Waals surface area contributed by atoms with E-state index in [9.17, 15) is 9.59 Å². The second kappa shape index (κ2) is 7.77. The van der Waals surface area contributed by atoms with Crippen LogP contribution in [0.15, 0.2) is 30.3 Å². The van der Waals surface area contributed by atoms with Crippen molar-refractivity contribution in [2.75, 3.05) is 26.2 Å². The first-order valence-electron chi connectivity index (χ1n) is 9.23. The zero-order chi connectivity index (χ0) is 18.7. The van der Waals surface area contributed by atoms with Crippen molar-refractivity contribution in [3.8, 4) is 0 Å². The number of nitrogens with one attached hydrogen (secondary N) is 1. The molecule has 0 atom stereocenters. The van der Waals surface area contributed by atoms with Crippen LogP contribution < -0.4 is 0 Å². The first-order valence-corrected chi connectivity index (χ1v) is 9.23. The van der Waals surface area contributed by atoms with Gasteiger partial charge in [-0.25, -0.2) is 0 Å². The van der Waals surface area contributed by atoms with Crippen LogP contribution in [-0.2, 0) is 11.2 Å². The molecule has 1 N–H and O–H groups in total. The summed E-state index contributed by atoms with van der Waals surface area (Å²) in [4.78, 5) is 32.0. The Hall–Kier alpha value is -2.56. The van der Waals surface area contributed by atoms with E-state index < -0.39 is 0 Å². The number of nitrogens with zero attached hydrogens (tertiary/aromatic N) is 2. The quantitative estimate of drug-likeness (QED) is 0.919. The summed E-state index contributed by atoms with van der Waals surface area (Å²) < 4.78 is 0. The summed E-state index contributed by atoms with van der Waals surface area (Å²) in [5, 5.41) is 0. The summed E-state index contributed by atoms with van der Waals surface area (Å²) in [6.45, 7) is 8.35. The zero-order valence-corrected chi connectivity index (χ0v) is 15.8. The van der Waals surface area contributed by atoms with Crippen LogP contribution in [0, 0.1) is 20.8 Å². The topological polar surface area (TPSA) is 56.4 Å². The van der Waals surface area contributed by atoms with Gasteiger partial charge in [-0.1, -0.05) is 29.8 Å². The lowest BCUT2D eigenvalue weighted by molar-refractivity contribution is -0.132. The van der Waals surface area contributed by atoms with Gasteiger partial charge >= 0.3 is 0 Å². The number of aryl methyl sites for hydroxylation is 4. The highest BCUT2D eigenvalue weighted by molar-refractivity contribution is 5.95. The monoisotopic (exact) mass is 353 g/mol. The van der Waals surface area contributed by atoms with Gasteiger partial charge in [0.05, 0.1) is 5.56 Å². The lowest BCUT2D eigenvalue weighted by Gasteiger charge is -2.35. The van der Waals surface area contributed by atoms with E-state index in [2.05, 4.69) is 36.2 Å². The predicted octanol–water partition coefficient (Wildman–Crippen LogP) is 2.86. The SMILES string of the molecule is Cc1ccc(CCC(=O)N2CCN(C(=O)c3cc(C)[nH]c3C)CC2)cc1. The van der Waals surface area contributed by atoms with Crippen LogP contribution in [-0.4, -0.2) is 52.8 Å². The van der Waals surface area contributed by atoms with Gasteiger partial charge < -0.3 is 14.8 Å². The molecule has 138 valence electrons. The third kappa shape index (κ3) is 4.15. The van der Waals surface area contributed by atoms with Gasteiger partial charge in [-0.05, 0) is 38.8 Å². The number of piperazine rings is 1. The van der Waals surface area contributed by atoms with Crippen LogP contribution in [0.3, 0.4) is 0 Å². The van der Waals surface area contributed by atoms with Gasteiger partial charge in [0, 0.05) is 44.0 Å². The maximum Gasteiger partial charge on any atom is 0.255 e. The van der Waals surface area contributed by atoms with Gasteiger partial charge in [0.15, 0.2) is 0 Å². The van der Waals surface area contributed by atoms with Crippen molar-refractivity contribution in [2.24, 2.45) is 0 Å². The number of hydrogen-bond acceptors (Lipinski definition) is 2. The number of hydrogen-bond donors (Lipinski definition) is 1. The Morgan fingerprint density at radius 1 is 0.962 bits per heavy atom. The molecule has 2 aromatic rings. The highest BCUT2D eigenvalue weighted by Gasteiger charge is 2.25. The fourth-order valence-corrected chi connectivity index (χ4v) is 3.44. The number of H-pyrrole nitrogens is 1. The Bertz CT molecular complexity index is 784. The van der Waals surface area contributed by atoms with E-state index in [1.165, 1.54) is 11.1 Å². The molecule has 26 heavy (non-hydrogen) atoms. The molecule has 0 unspecified atom stereocenters. The maximum atomic E-state index is 12.7. The Morgan fingerprint density at radius 2 is 1.58 bits per heavy atom. The van der Waals surface area contributed by atoms with Crippen molar-refractivity contribution >= 4 is 11.8 Å². The van der Waals surface area contributed by atoms with Gasteiger partial charge in [-0.3, -0.25) is 9.59 Å². The predicted molar refractivity (Wildman–Crippen MR) is 102 cm³/mol. The minimum Gasteiger partial charge on any atom is -0.362 e. The van der Waals surface area contributed by atoms with Gasteiger partial charge in [0.2, 0.25) is 5.91 Å². The lowest BCUT2D eigenvalue weighted by Crippen LogP contribution is -2.50. The molecular weight excluding hydrogens is 326 g/mol. The molecule has 5 heteroatoms. The molecule has 0 bridgehead atoms. The van der Waals surface area contributed by atoms with Crippen LogP contribution in [0.25, 0.3) is 0 Å². The third-order valence-corrected chi connectivity index (χ3v) is 5.05. The molecule has 0 spiro atoms. The van der Waals surface area contributed by atoms with E-state index in [1.54, 1.807) is 0 Å². The molecule has 0 radical (unpaired) electrons. The van der Waals surface area contributed by atoms with E-state index in [1.807, 2.05) is 29.7 Å². The molecular formula is C21H27N3O2. The smallest absolute Gasteiger partial charge is 0.255 e. The summed E-state index contributed by atoms with van der Waals surface area (Å²) in [5.74, 6) is 0.227. The molecule has 1 saturated heterocycles. The molecule has 2 amide bonds. The number of aromatic nitrogens is 1. The molecule has 1 aromatic heterocycles. The van der Waals surface area contributed by atoms with E-state index >= 15 is 0 Å². The molecule has 1 aliphatic rings. The molecule has 0 saturated carbocycles. The Labute approximate surface area is 155 Å². The number of aromatic amines is 1. The third-order valence-electron chi connectivity index (χ3n) is 5.05. The highest BCUT2D eigenvalue weighted by Crippen LogP contribution is 2.15. The average molecular weight is 353 g/mol. The summed E-state index contributed by atoms with van der Waals surface area (Å²) in [5.41, 5.74) is 5.06. The number of rotatable bonds is 4. The zero-order valence-electron chi connectivity index (χ0n) is 15.8. The average Bonchev–Trinajstić information content (AvgIpc) is 2.98. The summed E-state index contributed by atoms with van der Waals surface area (Å²) >= 11 is 0. The van der Waals surface area contributed by atoms with Crippen molar-refractivity contribution < 1.29 is 9.59 Å². The molecule has 3 rings (SSSR count). The summed E-state index contributed by atoms with van der Waals surface area (Å²) in [6.07, 6.45) is 1.28. The number of amides is 2. The normalized spacial score (nSPS) is 14.6.